The smallest absolute Gasteiger partial charge is 0.290 e. The SMILES string of the molecule is CCc1ccc(-c2nc(C(=O)N/N=C(/C)c3cccc(N)c3)cs2)cc1. The molecule has 0 atom stereocenters. The van der Waals surface area contributed by atoms with Crippen molar-refractivity contribution in [2.45, 2.75) is 20.3 Å². The number of benzene rings is 2. The predicted molar refractivity (Wildman–Crippen MR) is 107 cm³/mol. The number of hydrogen-bond donors (Lipinski definition) is 2. The summed E-state index contributed by atoms with van der Waals surface area (Å²) in [5.74, 6) is -0.332. The van der Waals surface area contributed by atoms with E-state index in [1.54, 1.807) is 11.4 Å². The number of aryl methyl sites for hydroxylation is 1. The van der Waals surface area contributed by atoms with E-state index < -0.39 is 0 Å². The van der Waals surface area contributed by atoms with Crippen molar-refractivity contribution in [1.82, 2.24) is 10.4 Å². The molecule has 1 heterocycles. The second kappa shape index (κ2) is 7.93. The summed E-state index contributed by atoms with van der Waals surface area (Å²) in [4.78, 5) is 16.7. The monoisotopic (exact) mass is 364 g/mol. The first-order chi connectivity index (χ1) is 12.6. The molecule has 3 N–H and O–H groups in total. The summed E-state index contributed by atoms with van der Waals surface area (Å²) in [5.41, 5.74) is 13.1. The van der Waals surface area contributed by atoms with E-state index >= 15 is 0 Å². The van der Waals surface area contributed by atoms with Gasteiger partial charge in [-0.2, -0.15) is 5.10 Å². The highest BCUT2D eigenvalue weighted by Crippen LogP contribution is 2.24. The third-order valence-corrected chi connectivity index (χ3v) is 4.87. The molecule has 0 saturated heterocycles. The molecule has 0 aliphatic carbocycles. The lowest BCUT2D eigenvalue weighted by atomic mass is 10.1. The third-order valence-electron chi connectivity index (χ3n) is 3.98. The Hall–Kier alpha value is -2.99. The number of nitrogens with one attached hydrogen (secondary N) is 1. The number of hydrogen-bond acceptors (Lipinski definition) is 5. The van der Waals surface area contributed by atoms with Gasteiger partial charge in [0.1, 0.15) is 10.7 Å². The fourth-order valence-corrected chi connectivity index (χ4v) is 3.22. The summed E-state index contributed by atoms with van der Waals surface area (Å²) in [7, 11) is 0. The molecule has 0 saturated carbocycles. The molecule has 0 bridgehead atoms. The topological polar surface area (TPSA) is 80.4 Å². The normalized spacial score (nSPS) is 11.4. The molecular weight excluding hydrogens is 344 g/mol. The van der Waals surface area contributed by atoms with Crippen molar-refractivity contribution in [3.8, 4) is 10.6 Å². The number of carbonyl (C=O) groups is 1. The summed E-state index contributed by atoms with van der Waals surface area (Å²) < 4.78 is 0. The molecule has 0 aliphatic rings. The van der Waals surface area contributed by atoms with Gasteiger partial charge in [0.25, 0.3) is 5.91 Å². The van der Waals surface area contributed by atoms with E-state index in [0.717, 1.165) is 22.6 Å². The first-order valence-corrected chi connectivity index (χ1v) is 9.20. The van der Waals surface area contributed by atoms with Crippen molar-refractivity contribution in [2.24, 2.45) is 5.10 Å². The van der Waals surface area contributed by atoms with Crippen molar-refractivity contribution in [3.63, 3.8) is 0 Å². The van der Waals surface area contributed by atoms with E-state index in [4.69, 9.17) is 5.73 Å². The number of carbonyl (C=O) groups excluding carboxylic acids is 1. The molecule has 5 nitrogen and oxygen atoms in total. The van der Waals surface area contributed by atoms with Crippen molar-refractivity contribution in [3.05, 3.63) is 70.7 Å². The minimum absolute atomic E-state index is 0.332. The van der Waals surface area contributed by atoms with Gasteiger partial charge >= 0.3 is 0 Å². The van der Waals surface area contributed by atoms with Crippen molar-refractivity contribution >= 4 is 28.6 Å². The molecule has 0 aliphatic heterocycles. The van der Waals surface area contributed by atoms with Crippen molar-refractivity contribution < 1.29 is 4.79 Å². The highest BCUT2D eigenvalue weighted by molar-refractivity contribution is 7.13. The van der Waals surface area contributed by atoms with Gasteiger partial charge < -0.3 is 5.73 Å². The van der Waals surface area contributed by atoms with Crippen LogP contribution >= 0.6 is 11.3 Å². The minimum Gasteiger partial charge on any atom is -0.399 e. The summed E-state index contributed by atoms with van der Waals surface area (Å²) in [6.45, 7) is 3.93. The zero-order chi connectivity index (χ0) is 18.5. The summed E-state index contributed by atoms with van der Waals surface area (Å²) in [6.07, 6.45) is 0.996. The van der Waals surface area contributed by atoms with Crippen LogP contribution in [-0.4, -0.2) is 16.6 Å². The van der Waals surface area contributed by atoms with E-state index in [1.807, 2.05) is 37.3 Å². The van der Waals surface area contributed by atoms with Gasteiger partial charge in [-0.3, -0.25) is 4.79 Å². The predicted octanol–water partition coefficient (Wildman–Crippen LogP) is 4.11. The molecule has 1 aromatic heterocycles. The van der Waals surface area contributed by atoms with Crippen molar-refractivity contribution in [1.29, 1.82) is 0 Å². The molecule has 2 aromatic carbocycles. The van der Waals surface area contributed by atoms with Gasteiger partial charge in [0.05, 0.1) is 5.71 Å². The lowest BCUT2D eigenvalue weighted by Gasteiger charge is -2.02. The number of anilines is 1. The van der Waals surface area contributed by atoms with Crippen LogP contribution in [0.4, 0.5) is 5.69 Å². The van der Waals surface area contributed by atoms with Gasteiger partial charge in [0, 0.05) is 16.6 Å². The maximum atomic E-state index is 12.3. The lowest BCUT2D eigenvalue weighted by molar-refractivity contribution is 0.0950. The molecule has 0 unspecified atom stereocenters. The van der Waals surface area contributed by atoms with Crippen LogP contribution in [0.5, 0.6) is 0 Å². The molecule has 0 radical (unpaired) electrons. The quantitative estimate of drug-likeness (QED) is 0.406. The van der Waals surface area contributed by atoms with E-state index in [-0.39, 0.29) is 5.91 Å². The Morgan fingerprint density at radius 2 is 2.00 bits per heavy atom. The summed E-state index contributed by atoms with van der Waals surface area (Å²) >= 11 is 1.44. The molecule has 6 heteroatoms. The Bertz CT molecular complexity index is 944. The first-order valence-electron chi connectivity index (χ1n) is 8.32. The molecule has 0 fully saturated rings. The Morgan fingerprint density at radius 3 is 2.69 bits per heavy atom. The van der Waals surface area contributed by atoms with Crippen LogP contribution in [0.1, 0.15) is 35.5 Å². The van der Waals surface area contributed by atoms with E-state index in [1.165, 1.54) is 16.9 Å². The maximum Gasteiger partial charge on any atom is 0.290 e. The van der Waals surface area contributed by atoms with Crippen LogP contribution in [0.2, 0.25) is 0 Å². The Labute approximate surface area is 156 Å². The Kier molecular flexibility index (Phi) is 5.43. The van der Waals surface area contributed by atoms with Crippen molar-refractivity contribution in [2.75, 3.05) is 5.73 Å². The summed E-state index contributed by atoms with van der Waals surface area (Å²) in [6, 6.07) is 15.6. The van der Waals surface area contributed by atoms with Crippen LogP contribution in [0.3, 0.4) is 0 Å². The average molecular weight is 364 g/mol. The zero-order valence-corrected chi connectivity index (χ0v) is 15.5. The highest BCUT2D eigenvalue weighted by atomic mass is 32.1. The Balaban J connectivity index is 1.70. The van der Waals surface area contributed by atoms with Gasteiger partial charge in [-0.05, 0) is 36.6 Å². The molecule has 132 valence electrons. The fraction of sp³-hybridized carbons (Fsp3) is 0.150. The van der Waals surface area contributed by atoms with Gasteiger partial charge in [-0.1, -0.05) is 43.3 Å². The summed E-state index contributed by atoms with van der Waals surface area (Å²) in [5, 5.41) is 6.70. The molecule has 26 heavy (non-hydrogen) atoms. The molecule has 3 aromatic rings. The van der Waals surface area contributed by atoms with E-state index in [2.05, 4.69) is 34.6 Å². The number of hydrazone groups is 1. The number of nitrogen functional groups attached to an aromatic ring is 1. The number of amides is 1. The van der Waals surface area contributed by atoms with Gasteiger partial charge in [-0.25, -0.2) is 10.4 Å². The molecule has 0 spiro atoms. The van der Waals surface area contributed by atoms with E-state index in [0.29, 0.717) is 17.1 Å². The standard InChI is InChI=1S/C20H20N4OS/c1-3-14-7-9-15(10-8-14)20-22-18(12-26-20)19(25)24-23-13(2)16-5-4-6-17(21)11-16/h4-12H,3,21H2,1-2H3,(H,24,25)/b23-13-. The van der Waals surface area contributed by atoms with Crippen LogP contribution in [0.15, 0.2) is 59.0 Å². The lowest BCUT2D eigenvalue weighted by Crippen LogP contribution is -2.19. The van der Waals surface area contributed by atoms with Gasteiger partial charge in [0.2, 0.25) is 0 Å². The van der Waals surface area contributed by atoms with Crippen LogP contribution < -0.4 is 11.2 Å². The maximum absolute atomic E-state index is 12.3. The highest BCUT2D eigenvalue weighted by Gasteiger charge is 2.11. The second-order valence-corrected chi connectivity index (χ2v) is 6.71. The minimum atomic E-state index is -0.332. The number of rotatable bonds is 5. The van der Waals surface area contributed by atoms with Crippen LogP contribution in [0.25, 0.3) is 10.6 Å². The largest absolute Gasteiger partial charge is 0.399 e. The van der Waals surface area contributed by atoms with Gasteiger partial charge in [-0.15, -0.1) is 11.3 Å². The number of aromatic nitrogens is 1. The molecular formula is C20H20N4OS. The van der Waals surface area contributed by atoms with Crippen LogP contribution in [0, 0.1) is 0 Å². The second-order valence-electron chi connectivity index (χ2n) is 5.85. The number of nitrogens with zero attached hydrogens (tertiary/aromatic N) is 2. The zero-order valence-electron chi connectivity index (χ0n) is 14.7. The number of thiazole rings is 1. The molecule has 1 amide bonds. The third kappa shape index (κ3) is 4.15. The fourth-order valence-electron chi connectivity index (χ4n) is 2.41. The number of nitrogens with two attached hydrogens (primary N) is 1. The Morgan fingerprint density at radius 1 is 1.23 bits per heavy atom. The molecule has 3 rings (SSSR count). The first kappa shape index (κ1) is 17.8. The average Bonchev–Trinajstić information content (AvgIpc) is 3.16. The van der Waals surface area contributed by atoms with Crippen LogP contribution in [-0.2, 0) is 6.42 Å². The van der Waals surface area contributed by atoms with E-state index in [9.17, 15) is 4.79 Å². The van der Waals surface area contributed by atoms with Gasteiger partial charge in [0.15, 0.2) is 0 Å².